The van der Waals surface area contributed by atoms with Crippen molar-refractivity contribution in [2.24, 2.45) is 17.8 Å². The Bertz CT molecular complexity index is 956. The molecule has 5 atom stereocenters. The van der Waals surface area contributed by atoms with Gasteiger partial charge in [-0.3, -0.25) is 9.59 Å². The summed E-state index contributed by atoms with van der Waals surface area (Å²) < 4.78 is 25.8. The minimum absolute atomic E-state index is 0.0331. The highest BCUT2D eigenvalue weighted by Crippen LogP contribution is 2.37. The highest BCUT2D eigenvalue weighted by molar-refractivity contribution is 5.77. The number of amides is 2. The maximum Gasteiger partial charge on any atom is 0.223 e. The molecule has 0 bridgehead atoms. The lowest BCUT2D eigenvalue weighted by molar-refractivity contribution is -0.139. The summed E-state index contributed by atoms with van der Waals surface area (Å²) in [6.45, 7) is 6.69. The summed E-state index contributed by atoms with van der Waals surface area (Å²) in [5.74, 6) is -0.147. The highest BCUT2D eigenvalue weighted by Gasteiger charge is 2.37. The van der Waals surface area contributed by atoms with Crippen LogP contribution in [0.2, 0.25) is 0 Å². The van der Waals surface area contributed by atoms with Crippen molar-refractivity contribution in [2.75, 3.05) is 40.0 Å². The molecule has 1 aliphatic carbocycles. The molecule has 0 spiro atoms. The molecule has 1 heterocycles. The Morgan fingerprint density at radius 3 is 2.49 bits per heavy atom. The molecule has 1 aromatic carbocycles. The maximum atomic E-state index is 14.6. The molecule has 1 aliphatic heterocycles. The lowest BCUT2D eigenvalue weighted by atomic mass is 9.82. The molecule has 8 nitrogen and oxygen atoms in total. The van der Waals surface area contributed by atoms with Crippen molar-refractivity contribution < 1.29 is 33.7 Å². The lowest BCUT2D eigenvalue weighted by Gasteiger charge is -2.42. The van der Waals surface area contributed by atoms with E-state index in [-0.39, 0.29) is 49.2 Å². The third-order valence-corrected chi connectivity index (χ3v) is 8.93. The van der Waals surface area contributed by atoms with Crippen LogP contribution in [0.15, 0.2) is 24.3 Å². The minimum atomic E-state index is -1.25. The van der Waals surface area contributed by atoms with Gasteiger partial charge in [0.25, 0.3) is 0 Å². The van der Waals surface area contributed by atoms with E-state index in [4.69, 9.17) is 9.47 Å². The lowest BCUT2D eigenvalue weighted by Crippen LogP contribution is -2.51. The van der Waals surface area contributed by atoms with Crippen LogP contribution in [-0.4, -0.2) is 90.1 Å². The molecular formula is C32H51FN2O6. The van der Waals surface area contributed by atoms with Crippen molar-refractivity contribution in [1.29, 1.82) is 0 Å². The van der Waals surface area contributed by atoms with Gasteiger partial charge in [-0.2, -0.15) is 0 Å². The molecule has 1 aromatic rings. The average molecular weight is 579 g/mol. The molecule has 2 fully saturated rings. The number of halogens is 1. The number of nitrogens with zero attached hydrogens (tertiary/aromatic N) is 2. The number of hydrogen-bond donors (Lipinski definition) is 2. The van der Waals surface area contributed by atoms with Crippen LogP contribution < -0.4 is 0 Å². The number of methoxy groups -OCH3 is 1. The van der Waals surface area contributed by atoms with Gasteiger partial charge in [0.2, 0.25) is 11.8 Å². The summed E-state index contributed by atoms with van der Waals surface area (Å²) in [4.78, 5) is 30.5. The fourth-order valence-electron chi connectivity index (χ4n) is 6.38. The second-order valence-corrected chi connectivity index (χ2v) is 12.2. The van der Waals surface area contributed by atoms with Gasteiger partial charge < -0.3 is 29.5 Å². The Morgan fingerprint density at radius 2 is 1.85 bits per heavy atom. The van der Waals surface area contributed by atoms with E-state index in [0.717, 1.165) is 6.42 Å². The fraction of sp³-hybridized carbons (Fsp3) is 0.750. The van der Waals surface area contributed by atoms with Gasteiger partial charge in [0.15, 0.2) is 0 Å². The van der Waals surface area contributed by atoms with Crippen LogP contribution in [0.5, 0.6) is 0 Å². The van der Waals surface area contributed by atoms with E-state index in [0.29, 0.717) is 43.9 Å². The number of aliphatic hydroxyl groups excluding tert-OH is 2. The monoisotopic (exact) mass is 578 g/mol. The Morgan fingerprint density at radius 1 is 1.12 bits per heavy atom. The summed E-state index contributed by atoms with van der Waals surface area (Å²) in [6.07, 6.45) is 4.12. The Balaban J connectivity index is 2.03. The fourth-order valence-corrected chi connectivity index (χ4v) is 6.38. The summed E-state index contributed by atoms with van der Waals surface area (Å²) in [6, 6.07) is 6.00. The molecule has 41 heavy (non-hydrogen) atoms. The van der Waals surface area contributed by atoms with E-state index in [1.54, 1.807) is 11.0 Å². The maximum absolute atomic E-state index is 14.6. The number of benzene rings is 1. The van der Waals surface area contributed by atoms with Gasteiger partial charge in [-0.1, -0.05) is 51.7 Å². The van der Waals surface area contributed by atoms with Crippen LogP contribution in [0.3, 0.4) is 0 Å². The molecule has 0 aromatic heterocycles. The Labute approximate surface area is 245 Å². The Kier molecular flexibility index (Phi) is 13.5. The van der Waals surface area contributed by atoms with E-state index in [2.05, 4.69) is 13.8 Å². The zero-order valence-corrected chi connectivity index (χ0v) is 25.3. The molecule has 3 rings (SSSR count). The van der Waals surface area contributed by atoms with Crippen LogP contribution in [0.25, 0.3) is 0 Å². The van der Waals surface area contributed by atoms with E-state index >= 15 is 0 Å². The highest BCUT2D eigenvalue weighted by atomic mass is 19.1. The summed E-state index contributed by atoms with van der Waals surface area (Å²) >= 11 is 0. The van der Waals surface area contributed by atoms with Crippen molar-refractivity contribution in [3.05, 3.63) is 35.6 Å². The number of carbonyl (C=O) groups excluding carboxylic acids is 2. The van der Waals surface area contributed by atoms with Crippen LogP contribution in [-0.2, 0) is 19.1 Å². The largest absolute Gasteiger partial charge is 0.388 e. The van der Waals surface area contributed by atoms with E-state index in [1.165, 1.54) is 51.8 Å². The molecule has 2 N–H and O–H groups in total. The quantitative estimate of drug-likeness (QED) is 0.521. The molecule has 2 aliphatic rings. The Hall–Kier alpha value is -2.07. The molecule has 0 unspecified atom stereocenters. The van der Waals surface area contributed by atoms with Gasteiger partial charge in [-0.15, -0.1) is 0 Å². The van der Waals surface area contributed by atoms with Gasteiger partial charge >= 0.3 is 0 Å². The SMILES string of the molecule is CO[C@@H]1CN(C(C)=O)C[C@H](C(C)C)[C@@H](c2cccc(F)c2)N(C(=O)CCC2CCCC2)CCCCOC[C@@H](O)[C@H]1O. The molecule has 2 amide bonds. The number of aliphatic hydroxyl groups is 2. The molecule has 0 radical (unpaired) electrons. The number of carbonyl (C=O) groups is 2. The van der Waals surface area contributed by atoms with Gasteiger partial charge in [0.05, 0.1) is 12.6 Å². The van der Waals surface area contributed by atoms with Crippen molar-refractivity contribution in [3.8, 4) is 0 Å². The second kappa shape index (κ2) is 16.5. The van der Waals surface area contributed by atoms with Gasteiger partial charge in [-0.05, 0) is 48.8 Å². The first-order valence-electron chi connectivity index (χ1n) is 15.4. The zero-order valence-electron chi connectivity index (χ0n) is 25.3. The molecular weight excluding hydrogens is 527 g/mol. The zero-order chi connectivity index (χ0) is 29.9. The molecule has 232 valence electrons. The van der Waals surface area contributed by atoms with Crippen LogP contribution >= 0.6 is 0 Å². The van der Waals surface area contributed by atoms with E-state index < -0.39 is 24.4 Å². The number of hydrogen-bond acceptors (Lipinski definition) is 6. The molecule has 1 saturated carbocycles. The van der Waals surface area contributed by atoms with Crippen molar-refractivity contribution in [1.82, 2.24) is 9.80 Å². The second-order valence-electron chi connectivity index (χ2n) is 12.2. The molecule has 9 heteroatoms. The number of ether oxygens (including phenoxy) is 2. The normalized spacial score (nSPS) is 28.0. The summed E-state index contributed by atoms with van der Waals surface area (Å²) in [7, 11) is 1.44. The average Bonchev–Trinajstić information content (AvgIpc) is 3.46. The van der Waals surface area contributed by atoms with Crippen LogP contribution in [0.4, 0.5) is 4.39 Å². The third-order valence-electron chi connectivity index (χ3n) is 8.93. The standard InChI is InChI=1S/C32H51FN2O6/c1-22(2)27-19-34(23(3)36)20-29(40-4)32(39)28(37)21-41-17-8-7-16-35(30(38)15-14-24-10-5-6-11-24)31(27)25-12-9-13-26(33)18-25/h9,12-13,18,22,24,27-29,31-32,37,39H,5-8,10-11,14-17,19-21H2,1-4H3/t27-,28-,29-,31-,32-/m1/s1. The van der Waals surface area contributed by atoms with Gasteiger partial charge in [0, 0.05) is 52.6 Å². The van der Waals surface area contributed by atoms with E-state index in [9.17, 15) is 24.2 Å². The van der Waals surface area contributed by atoms with Gasteiger partial charge in [0.1, 0.15) is 24.1 Å². The first-order valence-corrected chi connectivity index (χ1v) is 15.4. The third kappa shape index (κ3) is 9.73. The van der Waals surface area contributed by atoms with Gasteiger partial charge in [-0.25, -0.2) is 4.39 Å². The first kappa shape index (κ1) is 33.4. The predicted octanol–water partition coefficient (Wildman–Crippen LogP) is 4.33. The summed E-state index contributed by atoms with van der Waals surface area (Å²) in [5, 5.41) is 21.4. The minimum Gasteiger partial charge on any atom is -0.388 e. The van der Waals surface area contributed by atoms with Crippen LogP contribution in [0, 0.1) is 23.6 Å². The number of rotatable bonds is 6. The van der Waals surface area contributed by atoms with Crippen LogP contribution in [0.1, 0.15) is 83.7 Å². The topological polar surface area (TPSA) is 99.5 Å². The van der Waals surface area contributed by atoms with Crippen molar-refractivity contribution >= 4 is 11.8 Å². The van der Waals surface area contributed by atoms with Crippen molar-refractivity contribution in [2.45, 2.75) is 96.5 Å². The first-order chi connectivity index (χ1) is 19.6. The smallest absolute Gasteiger partial charge is 0.223 e. The summed E-state index contributed by atoms with van der Waals surface area (Å²) in [5.41, 5.74) is 0.709. The predicted molar refractivity (Wildman–Crippen MR) is 155 cm³/mol. The van der Waals surface area contributed by atoms with Crippen molar-refractivity contribution in [3.63, 3.8) is 0 Å². The molecule has 1 saturated heterocycles. The van der Waals surface area contributed by atoms with E-state index in [1.807, 2.05) is 11.0 Å².